The van der Waals surface area contributed by atoms with Crippen LogP contribution in [-0.2, 0) is 0 Å². The van der Waals surface area contributed by atoms with Gasteiger partial charge >= 0.3 is 0 Å². The van der Waals surface area contributed by atoms with Crippen LogP contribution in [0.25, 0.3) is 0 Å². The van der Waals surface area contributed by atoms with Crippen LogP contribution in [0.4, 0.5) is 5.69 Å². The van der Waals surface area contributed by atoms with Crippen molar-refractivity contribution in [1.29, 1.82) is 0 Å². The van der Waals surface area contributed by atoms with E-state index in [1.807, 2.05) is 26.2 Å². The highest BCUT2D eigenvalue weighted by atomic mass is 15.1. The number of anilines is 1. The fourth-order valence-corrected chi connectivity index (χ4v) is 1.40. The lowest BCUT2D eigenvalue weighted by Gasteiger charge is -2.16. The number of allylic oxidation sites excluding steroid dienone is 1. The van der Waals surface area contributed by atoms with E-state index in [4.69, 9.17) is 0 Å². The fraction of sp³-hybridized carbons (Fsp3) is 0.250. The number of benzene rings is 1. The fourth-order valence-electron chi connectivity index (χ4n) is 1.40. The Morgan fingerprint density at radius 1 is 1.36 bits per heavy atom. The van der Waals surface area contributed by atoms with Gasteiger partial charge in [-0.05, 0) is 12.1 Å². The highest BCUT2D eigenvalue weighted by Crippen LogP contribution is 2.18. The zero-order chi connectivity index (χ0) is 10.6. The molecule has 0 fully saturated rings. The van der Waals surface area contributed by atoms with Crippen LogP contribution < -0.4 is 4.90 Å². The van der Waals surface area contributed by atoms with E-state index in [9.17, 15) is 0 Å². The maximum atomic E-state index is 4.19. The van der Waals surface area contributed by atoms with Crippen molar-refractivity contribution in [3.05, 3.63) is 42.5 Å². The van der Waals surface area contributed by atoms with E-state index in [2.05, 4.69) is 28.6 Å². The maximum Gasteiger partial charge on any atom is 0.0658 e. The summed E-state index contributed by atoms with van der Waals surface area (Å²) in [6.45, 7) is 3.76. The maximum absolute atomic E-state index is 4.19. The summed E-state index contributed by atoms with van der Waals surface area (Å²) < 4.78 is 0. The molecule has 0 aliphatic rings. The average molecular weight is 188 g/mol. The molecule has 2 heteroatoms. The summed E-state index contributed by atoms with van der Waals surface area (Å²) in [4.78, 5) is 6.27. The van der Waals surface area contributed by atoms with Crippen LogP contribution in [-0.4, -0.2) is 26.9 Å². The van der Waals surface area contributed by atoms with Gasteiger partial charge < -0.3 is 4.90 Å². The van der Waals surface area contributed by atoms with E-state index in [1.54, 1.807) is 13.1 Å². The Balaban J connectivity index is 3.26. The predicted octanol–water partition coefficient (Wildman–Crippen LogP) is 2.36. The monoisotopic (exact) mass is 188 g/mol. The van der Waals surface area contributed by atoms with E-state index in [-0.39, 0.29) is 0 Å². The van der Waals surface area contributed by atoms with Crippen molar-refractivity contribution in [1.82, 2.24) is 0 Å². The predicted molar refractivity (Wildman–Crippen MR) is 63.4 cm³/mol. The molecular weight excluding hydrogens is 172 g/mol. The molecule has 0 aliphatic carbocycles. The molecule has 1 aromatic rings. The van der Waals surface area contributed by atoms with Crippen molar-refractivity contribution in [3.63, 3.8) is 0 Å². The van der Waals surface area contributed by atoms with Crippen molar-refractivity contribution in [2.24, 2.45) is 4.99 Å². The lowest BCUT2D eigenvalue weighted by atomic mass is 10.1. The molecule has 0 N–H and O–H groups in total. The van der Waals surface area contributed by atoms with Crippen LogP contribution in [0.2, 0.25) is 0 Å². The summed E-state index contributed by atoms with van der Waals surface area (Å²) in [5, 5.41) is 0. The second-order valence-electron chi connectivity index (χ2n) is 3.22. The SMILES string of the molecule is C=CC(=NC)c1ccccc1N(C)C. The summed E-state index contributed by atoms with van der Waals surface area (Å²) in [6.07, 6.45) is 1.78. The van der Waals surface area contributed by atoms with Gasteiger partial charge in [-0.15, -0.1) is 0 Å². The van der Waals surface area contributed by atoms with Crippen LogP contribution in [0.15, 0.2) is 41.9 Å². The van der Waals surface area contributed by atoms with E-state index in [0.717, 1.165) is 17.0 Å². The Labute approximate surface area is 85.6 Å². The molecule has 0 unspecified atom stereocenters. The molecule has 0 atom stereocenters. The molecule has 0 aromatic heterocycles. The third-order valence-corrected chi connectivity index (χ3v) is 2.10. The van der Waals surface area contributed by atoms with E-state index in [1.165, 1.54) is 0 Å². The first-order valence-electron chi connectivity index (χ1n) is 4.56. The van der Waals surface area contributed by atoms with Crippen LogP contribution in [0.1, 0.15) is 5.56 Å². The van der Waals surface area contributed by atoms with Crippen LogP contribution in [0.3, 0.4) is 0 Å². The van der Waals surface area contributed by atoms with E-state index in [0.29, 0.717) is 0 Å². The molecule has 1 aromatic carbocycles. The molecule has 14 heavy (non-hydrogen) atoms. The second kappa shape index (κ2) is 4.61. The van der Waals surface area contributed by atoms with Gasteiger partial charge in [0, 0.05) is 32.4 Å². The summed E-state index contributed by atoms with van der Waals surface area (Å²) in [5.74, 6) is 0. The largest absolute Gasteiger partial charge is 0.377 e. The van der Waals surface area contributed by atoms with Gasteiger partial charge in [0.15, 0.2) is 0 Å². The van der Waals surface area contributed by atoms with Crippen molar-refractivity contribution in [3.8, 4) is 0 Å². The number of hydrogen-bond donors (Lipinski definition) is 0. The lowest BCUT2D eigenvalue weighted by molar-refractivity contribution is 1.13. The number of para-hydroxylation sites is 1. The molecule has 0 saturated heterocycles. The summed E-state index contributed by atoms with van der Waals surface area (Å²) in [7, 11) is 5.83. The molecule has 0 aliphatic heterocycles. The van der Waals surface area contributed by atoms with Crippen molar-refractivity contribution in [2.75, 3.05) is 26.0 Å². The van der Waals surface area contributed by atoms with Gasteiger partial charge in [-0.25, -0.2) is 0 Å². The number of hydrogen-bond acceptors (Lipinski definition) is 2. The quantitative estimate of drug-likeness (QED) is 0.665. The Morgan fingerprint density at radius 2 is 2.00 bits per heavy atom. The van der Waals surface area contributed by atoms with Gasteiger partial charge in [-0.2, -0.15) is 0 Å². The van der Waals surface area contributed by atoms with Gasteiger partial charge in [0.1, 0.15) is 0 Å². The standard InChI is InChI=1S/C12H16N2/c1-5-11(13-2)10-8-6-7-9-12(10)14(3)4/h5-9H,1H2,2-4H3. The van der Waals surface area contributed by atoms with Crippen molar-refractivity contribution >= 4 is 11.4 Å². The van der Waals surface area contributed by atoms with Gasteiger partial charge in [0.25, 0.3) is 0 Å². The van der Waals surface area contributed by atoms with Crippen molar-refractivity contribution < 1.29 is 0 Å². The first kappa shape index (κ1) is 10.5. The third-order valence-electron chi connectivity index (χ3n) is 2.10. The van der Waals surface area contributed by atoms with Crippen LogP contribution in [0, 0.1) is 0 Å². The van der Waals surface area contributed by atoms with Gasteiger partial charge in [0.2, 0.25) is 0 Å². The Kier molecular flexibility index (Phi) is 3.46. The average Bonchev–Trinajstić information content (AvgIpc) is 2.20. The Morgan fingerprint density at radius 3 is 2.50 bits per heavy atom. The summed E-state index contributed by atoms with van der Waals surface area (Å²) in [5.41, 5.74) is 3.21. The molecule has 0 saturated carbocycles. The molecule has 0 radical (unpaired) electrons. The normalized spacial score (nSPS) is 11.2. The van der Waals surface area contributed by atoms with Gasteiger partial charge in [-0.1, -0.05) is 24.8 Å². The minimum Gasteiger partial charge on any atom is -0.377 e. The molecular formula is C12H16N2. The first-order chi connectivity index (χ1) is 6.70. The van der Waals surface area contributed by atoms with E-state index < -0.39 is 0 Å². The zero-order valence-corrected chi connectivity index (χ0v) is 8.99. The smallest absolute Gasteiger partial charge is 0.0658 e. The molecule has 2 nitrogen and oxygen atoms in total. The Hall–Kier alpha value is -1.57. The highest BCUT2D eigenvalue weighted by Gasteiger charge is 2.06. The number of aliphatic imine (C=N–C) groups is 1. The topological polar surface area (TPSA) is 15.6 Å². The van der Waals surface area contributed by atoms with Crippen LogP contribution >= 0.6 is 0 Å². The molecule has 0 bridgehead atoms. The lowest BCUT2D eigenvalue weighted by Crippen LogP contribution is -2.13. The minimum absolute atomic E-state index is 0.925. The van der Waals surface area contributed by atoms with Crippen molar-refractivity contribution in [2.45, 2.75) is 0 Å². The highest BCUT2D eigenvalue weighted by molar-refractivity contribution is 6.11. The molecule has 0 amide bonds. The second-order valence-corrected chi connectivity index (χ2v) is 3.22. The molecule has 0 spiro atoms. The number of rotatable bonds is 3. The molecule has 74 valence electrons. The zero-order valence-electron chi connectivity index (χ0n) is 8.99. The molecule has 1 rings (SSSR count). The summed E-state index contributed by atoms with van der Waals surface area (Å²) >= 11 is 0. The van der Waals surface area contributed by atoms with Crippen LogP contribution in [0.5, 0.6) is 0 Å². The number of nitrogens with zero attached hydrogens (tertiary/aromatic N) is 2. The van der Waals surface area contributed by atoms with E-state index >= 15 is 0 Å². The van der Waals surface area contributed by atoms with Gasteiger partial charge in [0.05, 0.1) is 5.71 Å². The third kappa shape index (κ3) is 2.02. The van der Waals surface area contributed by atoms with Gasteiger partial charge in [-0.3, -0.25) is 4.99 Å². The summed E-state index contributed by atoms with van der Waals surface area (Å²) in [6, 6.07) is 8.16. The first-order valence-corrected chi connectivity index (χ1v) is 4.56. The Bertz CT molecular complexity index is 351. The molecule has 0 heterocycles. The minimum atomic E-state index is 0.925.